The molecule has 0 saturated heterocycles. The van der Waals surface area contributed by atoms with Crippen molar-refractivity contribution in [3.8, 4) is 11.3 Å². The van der Waals surface area contributed by atoms with Gasteiger partial charge in [0, 0.05) is 24.0 Å². The molecular formula is C14H17N3O2. The van der Waals surface area contributed by atoms with Gasteiger partial charge in [-0.2, -0.15) is 5.10 Å². The van der Waals surface area contributed by atoms with Crippen LogP contribution in [0, 0.1) is 0 Å². The monoisotopic (exact) mass is 259 g/mol. The number of esters is 1. The third-order valence-corrected chi connectivity index (χ3v) is 2.69. The van der Waals surface area contributed by atoms with Crippen LogP contribution in [0.2, 0.25) is 0 Å². The molecule has 19 heavy (non-hydrogen) atoms. The molecule has 5 heteroatoms. The van der Waals surface area contributed by atoms with Crippen molar-refractivity contribution in [3.05, 3.63) is 36.3 Å². The van der Waals surface area contributed by atoms with Crippen LogP contribution in [0.3, 0.4) is 0 Å². The number of hydrogen-bond donors (Lipinski definition) is 0. The van der Waals surface area contributed by atoms with Gasteiger partial charge in [-0.25, -0.2) is 4.79 Å². The highest BCUT2D eigenvalue weighted by molar-refractivity contribution is 5.88. The van der Waals surface area contributed by atoms with Gasteiger partial charge in [0.05, 0.1) is 12.3 Å². The minimum Gasteiger partial charge on any atom is -0.461 e. The zero-order valence-electron chi connectivity index (χ0n) is 11.3. The van der Waals surface area contributed by atoms with E-state index in [4.69, 9.17) is 4.74 Å². The second kappa shape index (κ2) is 5.65. The maximum absolute atomic E-state index is 11.8. The van der Waals surface area contributed by atoms with Crippen molar-refractivity contribution in [2.75, 3.05) is 6.61 Å². The minimum atomic E-state index is -0.391. The van der Waals surface area contributed by atoms with Gasteiger partial charge < -0.3 is 4.74 Å². The minimum absolute atomic E-state index is 0.159. The molecule has 5 nitrogen and oxygen atoms in total. The molecule has 0 bridgehead atoms. The third kappa shape index (κ3) is 2.81. The quantitative estimate of drug-likeness (QED) is 0.792. The molecule has 2 heterocycles. The highest BCUT2D eigenvalue weighted by Gasteiger charge is 2.17. The van der Waals surface area contributed by atoms with Gasteiger partial charge >= 0.3 is 5.97 Å². The molecule has 2 rings (SSSR count). The van der Waals surface area contributed by atoms with Gasteiger partial charge in [0.1, 0.15) is 0 Å². The van der Waals surface area contributed by atoms with Gasteiger partial charge in [0.25, 0.3) is 0 Å². The van der Waals surface area contributed by atoms with Gasteiger partial charge in [-0.3, -0.25) is 9.67 Å². The normalized spacial score (nSPS) is 10.7. The predicted molar refractivity (Wildman–Crippen MR) is 71.8 cm³/mol. The Labute approximate surface area is 112 Å². The summed E-state index contributed by atoms with van der Waals surface area (Å²) in [6.45, 7) is 6.17. The zero-order valence-corrected chi connectivity index (χ0v) is 11.3. The second-order valence-electron chi connectivity index (χ2n) is 4.41. The molecule has 0 amide bonds. The molecule has 0 radical (unpaired) electrons. The van der Waals surface area contributed by atoms with E-state index in [1.54, 1.807) is 25.4 Å². The summed E-state index contributed by atoms with van der Waals surface area (Å²) in [5.74, 6) is -0.391. The summed E-state index contributed by atoms with van der Waals surface area (Å²) in [6.07, 6.45) is 3.44. The highest BCUT2D eigenvalue weighted by atomic mass is 16.5. The van der Waals surface area contributed by atoms with E-state index >= 15 is 0 Å². The highest BCUT2D eigenvalue weighted by Crippen LogP contribution is 2.23. The summed E-state index contributed by atoms with van der Waals surface area (Å²) in [5, 5.41) is 4.33. The Hall–Kier alpha value is -2.17. The van der Waals surface area contributed by atoms with Gasteiger partial charge in [-0.15, -0.1) is 0 Å². The number of ether oxygens (including phenoxy) is 1. The molecule has 0 N–H and O–H groups in total. The standard InChI is InChI=1S/C14H17N3O2/c1-4-19-14(18)12-9-13(17(16-12)10(2)3)11-5-7-15-8-6-11/h5-10H,4H2,1-3H3. The average molecular weight is 259 g/mol. The molecule has 0 aromatic carbocycles. The summed E-state index contributed by atoms with van der Waals surface area (Å²) < 4.78 is 6.81. The Morgan fingerprint density at radius 2 is 2.05 bits per heavy atom. The molecule has 0 aliphatic rings. The van der Waals surface area contributed by atoms with Crippen LogP contribution in [-0.4, -0.2) is 27.3 Å². The van der Waals surface area contributed by atoms with Crippen molar-refractivity contribution in [1.29, 1.82) is 0 Å². The predicted octanol–water partition coefficient (Wildman–Crippen LogP) is 2.70. The Morgan fingerprint density at radius 1 is 1.37 bits per heavy atom. The molecule has 2 aromatic rings. The van der Waals surface area contributed by atoms with E-state index in [9.17, 15) is 4.79 Å². The maximum atomic E-state index is 11.8. The summed E-state index contributed by atoms with van der Waals surface area (Å²) in [4.78, 5) is 15.7. The fourth-order valence-corrected chi connectivity index (χ4v) is 1.83. The lowest BCUT2D eigenvalue weighted by molar-refractivity contribution is 0.0518. The van der Waals surface area contributed by atoms with E-state index in [0.29, 0.717) is 12.3 Å². The largest absolute Gasteiger partial charge is 0.461 e. The first kappa shape index (κ1) is 13.3. The molecule has 100 valence electrons. The van der Waals surface area contributed by atoms with Gasteiger partial charge in [0.15, 0.2) is 5.69 Å². The first-order valence-corrected chi connectivity index (χ1v) is 6.30. The second-order valence-corrected chi connectivity index (χ2v) is 4.41. The summed E-state index contributed by atoms with van der Waals surface area (Å²) in [5.41, 5.74) is 2.20. The van der Waals surface area contributed by atoms with Crippen LogP contribution in [0.4, 0.5) is 0 Å². The summed E-state index contributed by atoms with van der Waals surface area (Å²) >= 11 is 0. The molecule has 0 spiro atoms. The van der Waals surface area contributed by atoms with Crippen LogP contribution in [-0.2, 0) is 4.74 Å². The summed E-state index contributed by atoms with van der Waals surface area (Å²) in [6, 6.07) is 5.70. The molecular weight excluding hydrogens is 242 g/mol. The fourth-order valence-electron chi connectivity index (χ4n) is 1.83. The maximum Gasteiger partial charge on any atom is 0.358 e. The van der Waals surface area contributed by atoms with Crippen molar-refractivity contribution in [2.45, 2.75) is 26.8 Å². The van der Waals surface area contributed by atoms with E-state index in [0.717, 1.165) is 11.3 Å². The third-order valence-electron chi connectivity index (χ3n) is 2.69. The lowest BCUT2D eigenvalue weighted by Crippen LogP contribution is -2.09. The zero-order chi connectivity index (χ0) is 13.8. The van der Waals surface area contributed by atoms with Gasteiger partial charge in [0.2, 0.25) is 0 Å². The Balaban J connectivity index is 2.45. The van der Waals surface area contributed by atoms with Gasteiger partial charge in [-0.1, -0.05) is 0 Å². The molecule has 0 unspecified atom stereocenters. The lowest BCUT2D eigenvalue weighted by atomic mass is 10.2. The molecule has 0 fully saturated rings. The number of hydrogen-bond acceptors (Lipinski definition) is 4. The van der Waals surface area contributed by atoms with E-state index in [2.05, 4.69) is 10.1 Å². The number of aromatic nitrogens is 3. The molecule has 0 atom stereocenters. The van der Waals surface area contributed by atoms with Crippen molar-refractivity contribution >= 4 is 5.97 Å². The van der Waals surface area contributed by atoms with Crippen molar-refractivity contribution in [2.24, 2.45) is 0 Å². The molecule has 0 saturated carbocycles. The fraction of sp³-hybridized carbons (Fsp3) is 0.357. The van der Waals surface area contributed by atoms with E-state index in [1.807, 2.05) is 30.7 Å². The molecule has 0 aliphatic carbocycles. The van der Waals surface area contributed by atoms with E-state index in [-0.39, 0.29) is 6.04 Å². The Bertz CT molecular complexity index is 561. The van der Waals surface area contributed by atoms with Crippen molar-refractivity contribution in [3.63, 3.8) is 0 Å². The van der Waals surface area contributed by atoms with Crippen LogP contribution in [0.15, 0.2) is 30.6 Å². The van der Waals surface area contributed by atoms with Gasteiger partial charge in [-0.05, 0) is 39.0 Å². The number of nitrogens with zero attached hydrogens (tertiary/aromatic N) is 3. The summed E-state index contributed by atoms with van der Waals surface area (Å²) in [7, 11) is 0. The van der Waals surface area contributed by atoms with Crippen LogP contribution in [0.1, 0.15) is 37.3 Å². The number of pyridine rings is 1. The van der Waals surface area contributed by atoms with Crippen LogP contribution < -0.4 is 0 Å². The topological polar surface area (TPSA) is 57.0 Å². The SMILES string of the molecule is CCOC(=O)c1cc(-c2ccncc2)n(C(C)C)n1. The first-order chi connectivity index (χ1) is 9.13. The van der Waals surface area contributed by atoms with Crippen LogP contribution in [0.5, 0.6) is 0 Å². The Morgan fingerprint density at radius 3 is 2.63 bits per heavy atom. The molecule has 2 aromatic heterocycles. The van der Waals surface area contributed by atoms with Crippen LogP contribution in [0.25, 0.3) is 11.3 Å². The Kier molecular flexibility index (Phi) is 3.94. The van der Waals surface area contributed by atoms with Crippen molar-refractivity contribution in [1.82, 2.24) is 14.8 Å². The van der Waals surface area contributed by atoms with E-state index < -0.39 is 5.97 Å². The van der Waals surface area contributed by atoms with Crippen molar-refractivity contribution < 1.29 is 9.53 Å². The van der Waals surface area contributed by atoms with Crippen LogP contribution >= 0.6 is 0 Å². The first-order valence-electron chi connectivity index (χ1n) is 6.30. The average Bonchev–Trinajstić information content (AvgIpc) is 2.85. The molecule has 0 aliphatic heterocycles. The lowest BCUT2D eigenvalue weighted by Gasteiger charge is -2.10. The number of carbonyl (C=O) groups is 1. The number of carbonyl (C=O) groups excluding carboxylic acids is 1. The number of rotatable bonds is 4. The smallest absolute Gasteiger partial charge is 0.358 e. The van der Waals surface area contributed by atoms with E-state index in [1.165, 1.54) is 0 Å².